The second-order valence-electron chi connectivity index (χ2n) is 1.70. The Balaban J connectivity index is 0.000001000. The summed E-state index contributed by atoms with van der Waals surface area (Å²) >= 11 is 3.64. The molecular weight excluding hydrogens is 179 g/mol. The van der Waals surface area contributed by atoms with Gasteiger partial charge in [0.2, 0.25) is 0 Å². The van der Waals surface area contributed by atoms with Gasteiger partial charge in [-0.1, -0.05) is 11.6 Å². The van der Waals surface area contributed by atoms with Crippen molar-refractivity contribution < 1.29 is 27.6 Å². The minimum Gasteiger partial charge on any atom is -0.302 e. The van der Waals surface area contributed by atoms with Gasteiger partial charge in [-0.3, -0.25) is 0 Å². The molecule has 1 N–H and O–H groups in total. The predicted octanol–water partition coefficient (Wildman–Crippen LogP) is -1.08. The van der Waals surface area contributed by atoms with Crippen molar-refractivity contribution in [2.75, 3.05) is 0 Å². The third-order valence-electron chi connectivity index (χ3n) is 1.02. The van der Waals surface area contributed by atoms with Gasteiger partial charge in [0, 0.05) is 5.02 Å². The van der Waals surface area contributed by atoms with Crippen molar-refractivity contribution in [3.8, 4) is 0 Å². The van der Waals surface area contributed by atoms with Crippen molar-refractivity contribution in [2.45, 2.75) is 4.90 Å². The first-order chi connectivity index (χ1) is 4.70. The van der Waals surface area contributed by atoms with Gasteiger partial charge >= 0.3 is 18.9 Å². The SMILES string of the molecule is O=S(O)c1ccc(Cl)cc1.[Li+]. The molecule has 1 aromatic rings. The molecule has 1 atom stereocenters. The average molecular weight is 184 g/mol. The van der Waals surface area contributed by atoms with Gasteiger partial charge in [-0.05, 0) is 24.3 Å². The van der Waals surface area contributed by atoms with E-state index in [-0.39, 0.29) is 18.9 Å². The summed E-state index contributed by atoms with van der Waals surface area (Å²) < 4.78 is 18.9. The second kappa shape index (κ2) is 4.97. The van der Waals surface area contributed by atoms with E-state index in [2.05, 4.69) is 0 Å². The summed E-state index contributed by atoms with van der Waals surface area (Å²) in [6.07, 6.45) is 0. The maximum absolute atomic E-state index is 10.4. The van der Waals surface area contributed by atoms with E-state index in [4.69, 9.17) is 16.2 Å². The van der Waals surface area contributed by atoms with Crippen LogP contribution in [0.4, 0.5) is 0 Å². The van der Waals surface area contributed by atoms with E-state index in [1.54, 1.807) is 12.1 Å². The van der Waals surface area contributed by atoms with Gasteiger partial charge in [-0.25, -0.2) is 4.21 Å². The van der Waals surface area contributed by atoms with Gasteiger partial charge in [0.1, 0.15) is 0 Å². The Morgan fingerprint density at radius 1 is 1.27 bits per heavy atom. The number of hydrogen-bond donors (Lipinski definition) is 1. The maximum Gasteiger partial charge on any atom is 1.00 e. The standard InChI is InChI=1S/C6H5ClO2S.Li/c7-5-1-3-6(4-2-5)10(8)9;/h1-4H,(H,8,9);/q;+1. The summed E-state index contributed by atoms with van der Waals surface area (Å²) in [5.74, 6) is 0. The Morgan fingerprint density at radius 3 is 2.09 bits per heavy atom. The molecule has 0 aliphatic rings. The molecule has 0 amide bonds. The minimum absolute atomic E-state index is 0. The smallest absolute Gasteiger partial charge is 0.302 e. The molecule has 1 aromatic carbocycles. The van der Waals surface area contributed by atoms with Crippen molar-refractivity contribution in [1.29, 1.82) is 0 Å². The summed E-state index contributed by atoms with van der Waals surface area (Å²) in [6, 6.07) is 6.17. The van der Waals surface area contributed by atoms with Crippen LogP contribution in [0.3, 0.4) is 0 Å². The van der Waals surface area contributed by atoms with Gasteiger partial charge in [-0.15, -0.1) is 0 Å². The quantitative estimate of drug-likeness (QED) is 0.445. The van der Waals surface area contributed by atoms with Gasteiger partial charge < -0.3 is 4.55 Å². The summed E-state index contributed by atoms with van der Waals surface area (Å²) in [6.45, 7) is 0. The zero-order valence-electron chi connectivity index (χ0n) is 5.95. The summed E-state index contributed by atoms with van der Waals surface area (Å²) in [5.41, 5.74) is 0. The van der Waals surface area contributed by atoms with Gasteiger partial charge in [0.15, 0.2) is 11.1 Å². The molecule has 0 aliphatic carbocycles. The van der Waals surface area contributed by atoms with Crippen molar-refractivity contribution in [3.63, 3.8) is 0 Å². The van der Waals surface area contributed by atoms with Crippen LogP contribution in [0.1, 0.15) is 0 Å². The third-order valence-corrected chi connectivity index (χ3v) is 1.94. The normalized spacial score (nSPS) is 11.8. The first-order valence-electron chi connectivity index (χ1n) is 2.56. The molecule has 5 heteroatoms. The molecule has 0 saturated carbocycles. The molecule has 2 nitrogen and oxygen atoms in total. The van der Waals surface area contributed by atoms with E-state index in [9.17, 15) is 4.21 Å². The van der Waals surface area contributed by atoms with Crippen LogP contribution in [0.5, 0.6) is 0 Å². The number of halogens is 1. The topological polar surface area (TPSA) is 37.3 Å². The molecular formula is C6H5ClLiO2S+. The molecule has 0 fully saturated rings. The van der Waals surface area contributed by atoms with E-state index < -0.39 is 11.1 Å². The van der Waals surface area contributed by atoms with Crippen LogP contribution >= 0.6 is 11.6 Å². The molecule has 0 saturated heterocycles. The second-order valence-corrected chi connectivity index (χ2v) is 3.11. The molecule has 11 heavy (non-hydrogen) atoms. The zero-order chi connectivity index (χ0) is 7.56. The molecule has 1 unspecified atom stereocenters. The Labute approximate surface area is 84.4 Å². The number of benzene rings is 1. The first-order valence-corrected chi connectivity index (χ1v) is 4.05. The van der Waals surface area contributed by atoms with E-state index in [0.29, 0.717) is 9.92 Å². The minimum atomic E-state index is -1.90. The molecule has 0 aromatic heterocycles. The first kappa shape index (κ1) is 11.2. The average Bonchev–Trinajstić information content (AvgIpc) is 1.88. The van der Waals surface area contributed by atoms with Crippen molar-refractivity contribution in [1.82, 2.24) is 0 Å². The van der Waals surface area contributed by atoms with E-state index >= 15 is 0 Å². The fraction of sp³-hybridized carbons (Fsp3) is 0. The molecule has 0 heterocycles. The largest absolute Gasteiger partial charge is 1.00 e. The van der Waals surface area contributed by atoms with E-state index in [1.807, 2.05) is 0 Å². The van der Waals surface area contributed by atoms with E-state index in [1.165, 1.54) is 12.1 Å². The summed E-state index contributed by atoms with van der Waals surface area (Å²) in [5, 5.41) is 0.564. The van der Waals surface area contributed by atoms with Crippen molar-refractivity contribution in [2.24, 2.45) is 0 Å². The third kappa shape index (κ3) is 3.41. The molecule has 0 radical (unpaired) electrons. The fourth-order valence-electron chi connectivity index (χ4n) is 0.551. The van der Waals surface area contributed by atoms with Crippen LogP contribution in [-0.2, 0) is 11.1 Å². The molecule has 0 spiro atoms. The van der Waals surface area contributed by atoms with Gasteiger partial charge in [-0.2, -0.15) is 0 Å². The Hall–Kier alpha value is 0.217. The Morgan fingerprint density at radius 2 is 1.73 bits per heavy atom. The van der Waals surface area contributed by atoms with Crippen LogP contribution in [0.15, 0.2) is 29.2 Å². The Bertz CT molecular complexity index is 249. The molecule has 0 aliphatic heterocycles. The maximum atomic E-state index is 10.4. The van der Waals surface area contributed by atoms with Crippen LogP contribution < -0.4 is 18.9 Å². The summed E-state index contributed by atoms with van der Waals surface area (Å²) in [4.78, 5) is 0.365. The number of hydrogen-bond acceptors (Lipinski definition) is 1. The monoisotopic (exact) mass is 183 g/mol. The molecule has 0 bridgehead atoms. The molecule has 1 rings (SSSR count). The van der Waals surface area contributed by atoms with E-state index in [0.717, 1.165) is 0 Å². The van der Waals surface area contributed by atoms with Crippen molar-refractivity contribution >= 4 is 22.7 Å². The Kier molecular flexibility index (Phi) is 5.07. The molecule has 54 valence electrons. The van der Waals surface area contributed by atoms with Crippen LogP contribution in [0.25, 0.3) is 0 Å². The van der Waals surface area contributed by atoms with Crippen molar-refractivity contribution in [3.05, 3.63) is 29.3 Å². The number of rotatable bonds is 1. The zero-order valence-corrected chi connectivity index (χ0v) is 7.52. The van der Waals surface area contributed by atoms with Gasteiger partial charge in [0.05, 0.1) is 4.90 Å². The summed E-state index contributed by atoms with van der Waals surface area (Å²) in [7, 11) is 0. The van der Waals surface area contributed by atoms with Crippen LogP contribution in [0.2, 0.25) is 5.02 Å². The van der Waals surface area contributed by atoms with Crippen LogP contribution in [-0.4, -0.2) is 8.76 Å². The predicted molar refractivity (Wildman–Crippen MR) is 40.5 cm³/mol. The van der Waals surface area contributed by atoms with Crippen LogP contribution in [0, 0.1) is 0 Å². The fourth-order valence-corrected chi connectivity index (χ4v) is 1.05. The van der Waals surface area contributed by atoms with Gasteiger partial charge in [0.25, 0.3) is 0 Å².